The van der Waals surface area contributed by atoms with Crippen molar-refractivity contribution < 1.29 is 0 Å². The molecule has 3 atom stereocenters. The first kappa shape index (κ1) is 35.9. The Balaban J connectivity index is 0.975. The molecule has 0 amide bonds. The van der Waals surface area contributed by atoms with Gasteiger partial charge in [0.2, 0.25) is 0 Å². The smallest absolute Gasteiger partial charge is 0.160 e. The number of allylic oxidation sites excluding steroid dienone is 9. The Morgan fingerprint density at radius 1 is 0.656 bits per heavy atom. The summed E-state index contributed by atoms with van der Waals surface area (Å²) in [6.07, 6.45) is 26.0. The first-order valence-electron chi connectivity index (χ1n) is 22.0. The molecule has 8 aromatic rings. The minimum Gasteiger partial charge on any atom is -0.316 e. The molecular weight excluding hydrogens is 741 g/mol. The van der Waals surface area contributed by atoms with E-state index in [1.54, 1.807) is 0 Å². The molecule has 4 nitrogen and oxygen atoms in total. The summed E-state index contributed by atoms with van der Waals surface area (Å²) in [6, 6.07) is 46.1. The Bertz CT molecular complexity index is 3350. The van der Waals surface area contributed by atoms with Crippen LogP contribution in [0.1, 0.15) is 73.5 Å². The van der Waals surface area contributed by atoms with Gasteiger partial charge in [0.25, 0.3) is 0 Å². The summed E-state index contributed by atoms with van der Waals surface area (Å²) in [5, 5.41) is 7.91. The Hall–Kier alpha value is -7.04. The molecule has 0 saturated carbocycles. The minimum absolute atomic E-state index is 0.248. The van der Waals surface area contributed by atoms with Crippen LogP contribution >= 0.6 is 0 Å². The van der Waals surface area contributed by atoms with Gasteiger partial charge in [0.1, 0.15) is 0 Å². The number of rotatable bonds is 6. The number of para-hydroxylation sites is 2. The number of nitrogens with zero attached hydrogens (tertiary/aromatic N) is 4. The molecule has 12 rings (SSSR count). The van der Waals surface area contributed by atoms with Gasteiger partial charge in [0, 0.05) is 67.3 Å². The number of aromatic nitrogens is 4. The van der Waals surface area contributed by atoms with Crippen LogP contribution in [0.15, 0.2) is 169 Å². The molecule has 61 heavy (non-hydrogen) atoms. The largest absolute Gasteiger partial charge is 0.316 e. The molecule has 4 aliphatic carbocycles. The fraction of sp³-hybridized carbons (Fsp3) is 0.158. The van der Waals surface area contributed by atoms with Gasteiger partial charge >= 0.3 is 0 Å². The molecule has 0 bridgehead atoms. The second kappa shape index (κ2) is 14.6. The number of hydrogen-bond donors (Lipinski definition) is 0. The molecule has 4 aliphatic rings. The summed E-state index contributed by atoms with van der Waals surface area (Å²) >= 11 is 0. The fourth-order valence-corrected chi connectivity index (χ4v) is 10.6. The maximum Gasteiger partial charge on any atom is 0.160 e. The van der Waals surface area contributed by atoms with Crippen LogP contribution in [0.2, 0.25) is 0 Å². The average Bonchev–Trinajstić information content (AvgIpc) is 3.84. The Morgan fingerprint density at radius 2 is 1.44 bits per heavy atom. The van der Waals surface area contributed by atoms with Crippen LogP contribution in [0, 0.1) is 5.92 Å². The first-order chi connectivity index (χ1) is 30.1. The van der Waals surface area contributed by atoms with Crippen molar-refractivity contribution >= 4 is 62.1 Å². The van der Waals surface area contributed by atoms with Gasteiger partial charge < -0.3 is 9.13 Å². The number of hydrogen-bond acceptors (Lipinski definition) is 2. The van der Waals surface area contributed by atoms with E-state index in [4.69, 9.17) is 9.97 Å². The molecule has 0 radical (unpaired) electrons. The van der Waals surface area contributed by atoms with Gasteiger partial charge in [-0.25, -0.2) is 9.97 Å². The molecule has 0 saturated heterocycles. The standard InChI is InChI=1S/C57H46N4/c1-37-31-44(43-27-30-54-48(33-43)47-23-13-14-24-53(47)60(54)45-21-9-4-10-22-45)34-50-49-32-41-19-11-12-20-42(41)35-55(49)61(56(37)50)46-28-25-39(26-29-46)52-36-51(38-15-5-2-6-16-38)58-57(59-52)40-17-7-3-8-18-40/h2-15,17-25,28,30,32-38,43H,16,26-27,29,31H2,1H3. The summed E-state index contributed by atoms with van der Waals surface area (Å²) in [7, 11) is 0. The maximum atomic E-state index is 5.20. The van der Waals surface area contributed by atoms with Crippen LogP contribution in [0.25, 0.3) is 79.2 Å². The zero-order valence-corrected chi connectivity index (χ0v) is 34.4. The van der Waals surface area contributed by atoms with Crippen molar-refractivity contribution in [1.29, 1.82) is 0 Å². The van der Waals surface area contributed by atoms with Gasteiger partial charge in [-0.05, 0) is 90.9 Å². The highest BCUT2D eigenvalue weighted by Crippen LogP contribution is 2.46. The van der Waals surface area contributed by atoms with E-state index in [0.29, 0.717) is 11.8 Å². The second-order valence-electron chi connectivity index (χ2n) is 17.2. The zero-order valence-electron chi connectivity index (χ0n) is 34.4. The maximum absolute atomic E-state index is 5.20. The third-order valence-corrected chi connectivity index (χ3v) is 13.5. The van der Waals surface area contributed by atoms with Crippen molar-refractivity contribution in [2.45, 2.75) is 50.9 Å². The predicted octanol–water partition coefficient (Wildman–Crippen LogP) is 12.7. The number of fused-ring (bicyclic) bond motifs is 7. The van der Waals surface area contributed by atoms with Crippen molar-refractivity contribution in [3.63, 3.8) is 0 Å². The molecular formula is C57H46N4. The van der Waals surface area contributed by atoms with Crippen LogP contribution < -0.4 is 10.6 Å². The lowest BCUT2D eigenvalue weighted by atomic mass is 9.79. The monoisotopic (exact) mass is 786 g/mol. The molecule has 294 valence electrons. The topological polar surface area (TPSA) is 35.6 Å². The van der Waals surface area contributed by atoms with Crippen molar-refractivity contribution in [2.24, 2.45) is 5.92 Å². The predicted molar refractivity (Wildman–Crippen MR) is 255 cm³/mol. The van der Waals surface area contributed by atoms with Crippen LogP contribution in [-0.2, 0) is 0 Å². The molecule has 3 heterocycles. The lowest BCUT2D eigenvalue weighted by Gasteiger charge is -2.28. The summed E-state index contributed by atoms with van der Waals surface area (Å²) in [5.41, 5.74) is 13.9. The first-order valence-corrected chi connectivity index (χ1v) is 22.0. The highest BCUT2D eigenvalue weighted by Gasteiger charge is 2.31. The molecule has 0 aliphatic heterocycles. The quantitative estimate of drug-likeness (QED) is 0.168. The van der Waals surface area contributed by atoms with Crippen LogP contribution in [0.3, 0.4) is 0 Å². The normalized spacial score (nSPS) is 19.5. The summed E-state index contributed by atoms with van der Waals surface area (Å²) in [5.74, 6) is 1.74. The molecule has 5 aromatic carbocycles. The summed E-state index contributed by atoms with van der Waals surface area (Å²) in [4.78, 5) is 10.3. The molecule has 0 spiro atoms. The highest BCUT2D eigenvalue weighted by molar-refractivity contribution is 6.04. The molecule has 3 aromatic heterocycles. The summed E-state index contributed by atoms with van der Waals surface area (Å²) < 4.78 is 5.08. The van der Waals surface area contributed by atoms with Crippen molar-refractivity contribution in [1.82, 2.24) is 19.1 Å². The lowest BCUT2D eigenvalue weighted by molar-refractivity contribution is 0.649. The van der Waals surface area contributed by atoms with Gasteiger partial charge in [-0.2, -0.15) is 0 Å². The number of benzene rings is 5. The van der Waals surface area contributed by atoms with E-state index in [1.807, 2.05) is 0 Å². The van der Waals surface area contributed by atoms with Gasteiger partial charge in [0.15, 0.2) is 5.82 Å². The van der Waals surface area contributed by atoms with E-state index in [0.717, 1.165) is 54.9 Å². The van der Waals surface area contributed by atoms with E-state index in [1.165, 1.54) is 76.9 Å². The molecule has 3 unspecified atom stereocenters. The minimum atomic E-state index is 0.248. The van der Waals surface area contributed by atoms with Crippen LogP contribution in [0.4, 0.5) is 0 Å². The Kier molecular flexibility index (Phi) is 8.58. The van der Waals surface area contributed by atoms with E-state index in [-0.39, 0.29) is 5.92 Å². The Labute approximate surface area is 356 Å². The third kappa shape index (κ3) is 6.12. The fourth-order valence-electron chi connectivity index (χ4n) is 10.6. The molecule has 0 N–H and O–H groups in total. The third-order valence-electron chi connectivity index (χ3n) is 13.5. The van der Waals surface area contributed by atoms with Crippen molar-refractivity contribution in [3.8, 4) is 17.1 Å². The highest BCUT2D eigenvalue weighted by atomic mass is 15.0. The van der Waals surface area contributed by atoms with Crippen LogP contribution in [-0.4, -0.2) is 19.1 Å². The second-order valence-corrected chi connectivity index (χ2v) is 17.2. The molecule has 4 heteroatoms. The Morgan fingerprint density at radius 3 is 2.25 bits per heavy atom. The van der Waals surface area contributed by atoms with Gasteiger partial charge in [0.05, 0.1) is 22.4 Å². The van der Waals surface area contributed by atoms with E-state index < -0.39 is 0 Å². The average molecular weight is 787 g/mol. The van der Waals surface area contributed by atoms with Gasteiger partial charge in [-0.1, -0.05) is 152 Å². The molecule has 0 fully saturated rings. The van der Waals surface area contributed by atoms with E-state index in [9.17, 15) is 0 Å². The van der Waals surface area contributed by atoms with E-state index in [2.05, 4.69) is 198 Å². The van der Waals surface area contributed by atoms with Crippen molar-refractivity contribution in [2.75, 3.05) is 0 Å². The summed E-state index contributed by atoms with van der Waals surface area (Å²) in [6.45, 7) is 2.45. The van der Waals surface area contributed by atoms with Gasteiger partial charge in [-0.3, -0.25) is 0 Å². The van der Waals surface area contributed by atoms with Gasteiger partial charge in [-0.15, -0.1) is 0 Å². The van der Waals surface area contributed by atoms with Crippen molar-refractivity contribution in [3.05, 3.63) is 203 Å². The van der Waals surface area contributed by atoms with Crippen LogP contribution in [0.5, 0.6) is 0 Å². The zero-order chi connectivity index (χ0) is 40.4. The SMILES string of the molecule is CC1CC(C2C=c3c(n(-c4ccccc4)c4ccccc34)=CC2)=Cc2c1n(C1=CC=C(c3cc(C4C=CC=CC4)nc(-c4ccccc4)n3)CC1)c1cc3ccccc3cc21. The van der Waals surface area contributed by atoms with E-state index >= 15 is 0 Å². The lowest BCUT2D eigenvalue weighted by Crippen LogP contribution is -2.32.